The summed E-state index contributed by atoms with van der Waals surface area (Å²) in [6, 6.07) is 42.4. The molecule has 0 amide bonds. The van der Waals surface area contributed by atoms with Gasteiger partial charge in [0.25, 0.3) is 0 Å². The van der Waals surface area contributed by atoms with E-state index in [1.165, 1.54) is 44.5 Å². The summed E-state index contributed by atoms with van der Waals surface area (Å²) < 4.78 is 0. The summed E-state index contributed by atoms with van der Waals surface area (Å²) in [4.78, 5) is 0. The third kappa shape index (κ3) is 6.11. The largest absolute Gasteiger partial charge is 0.392 e. The molecule has 5 aromatic rings. The van der Waals surface area contributed by atoms with E-state index < -0.39 is 0 Å². The number of hydrogen-bond donors (Lipinski definition) is 2. The van der Waals surface area contributed by atoms with Gasteiger partial charge in [-0.25, -0.2) is 0 Å². The van der Waals surface area contributed by atoms with Gasteiger partial charge in [0, 0.05) is 0 Å². The maximum Gasteiger partial charge on any atom is 0.0684 e. The van der Waals surface area contributed by atoms with Crippen LogP contribution in [-0.4, -0.2) is 10.2 Å². The monoisotopic (exact) mass is 498 g/mol. The molecule has 0 spiro atoms. The first kappa shape index (κ1) is 25.7. The fraction of sp³-hybridized carbons (Fsp3) is 0.167. The molecule has 0 unspecified atom stereocenters. The average molecular weight is 499 g/mol. The molecule has 5 aromatic carbocycles. The molecule has 0 saturated heterocycles. The summed E-state index contributed by atoms with van der Waals surface area (Å²) in [5, 5.41) is 19.6. The predicted octanol–water partition coefficient (Wildman–Crippen LogP) is 7.03. The minimum atomic E-state index is 0.0589. The molecule has 0 bridgehead atoms. The first-order valence-electron chi connectivity index (χ1n) is 13.3. The van der Waals surface area contributed by atoms with Gasteiger partial charge in [-0.3, -0.25) is 0 Å². The van der Waals surface area contributed by atoms with Gasteiger partial charge in [-0.05, 0) is 81.3 Å². The van der Waals surface area contributed by atoms with Gasteiger partial charge in [0.1, 0.15) is 0 Å². The third-order valence-corrected chi connectivity index (χ3v) is 7.46. The van der Waals surface area contributed by atoms with Crippen molar-refractivity contribution in [1.82, 2.24) is 0 Å². The maximum atomic E-state index is 9.81. The highest BCUT2D eigenvalue weighted by Crippen LogP contribution is 2.25. The lowest BCUT2D eigenvalue weighted by Crippen LogP contribution is -2.04. The van der Waals surface area contributed by atoms with Crippen molar-refractivity contribution in [2.24, 2.45) is 0 Å². The van der Waals surface area contributed by atoms with Crippen LogP contribution in [0.3, 0.4) is 0 Å². The maximum absolute atomic E-state index is 9.81. The van der Waals surface area contributed by atoms with Crippen LogP contribution in [0.2, 0.25) is 0 Å². The Morgan fingerprint density at radius 3 is 0.605 bits per heavy atom. The Morgan fingerprint density at radius 1 is 0.263 bits per heavy atom. The van der Waals surface area contributed by atoms with Gasteiger partial charge in [0.2, 0.25) is 0 Å². The van der Waals surface area contributed by atoms with Gasteiger partial charge in [-0.15, -0.1) is 0 Å². The summed E-state index contributed by atoms with van der Waals surface area (Å²) >= 11 is 0. The van der Waals surface area contributed by atoms with Gasteiger partial charge < -0.3 is 10.2 Å². The first-order valence-corrected chi connectivity index (χ1v) is 13.3. The second kappa shape index (κ2) is 12.5. The molecule has 0 aliphatic carbocycles. The van der Waals surface area contributed by atoms with Crippen LogP contribution in [0.1, 0.15) is 55.6 Å². The van der Waals surface area contributed by atoms with Crippen LogP contribution in [-0.2, 0) is 38.9 Å². The highest BCUT2D eigenvalue weighted by molar-refractivity contribution is 5.44. The molecular formula is C36H34O2. The van der Waals surface area contributed by atoms with Crippen molar-refractivity contribution in [1.29, 1.82) is 0 Å². The number of benzene rings is 5. The van der Waals surface area contributed by atoms with E-state index >= 15 is 0 Å². The normalized spacial score (nSPS) is 11.0. The van der Waals surface area contributed by atoms with Gasteiger partial charge >= 0.3 is 0 Å². The quantitative estimate of drug-likeness (QED) is 0.217. The van der Waals surface area contributed by atoms with Gasteiger partial charge in [-0.2, -0.15) is 0 Å². The van der Waals surface area contributed by atoms with Crippen LogP contribution < -0.4 is 0 Å². The van der Waals surface area contributed by atoms with Gasteiger partial charge in [0.05, 0.1) is 13.2 Å². The smallest absolute Gasteiger partial charge is 0.0684 e. The van der Waals surface area contributed by atoms with E-state index in [0.29, 0.717) is 0 Å². The standard InChI is InChI=1S/C36H34O2/c37-25-35-19-9-7-17-33(35)23-31-15-5-3-13-29(31)21-27-11-1-2-12-28(27)22-30-14-4-6-16-32(30)24-34-18-8-10-20-36(34)26-38/h1-20,37-38H,21-26H2. The second-order valence-corrected chi connectivity index (χ2v) is 9.87. The Balaban J connectivity index is 1.41. The third-order valence-electron chi connectivity index (χ3n) is 7.46. The number of aliphatic hydroxyl groups excluding tert-OH is 2. The van der Waals surface area contributed by atoms with Crippen molar-refractivity contribution in [2.75, 3.05) is 0 Å². The number of rotatable bonds is 10. The molecule has 0 fully saturated rings. The lowest BCUT2D eigenvalue weighted by atomic mass is 9.89. The van der Waals surface area contributed by atoms with Crippen LogP contribution in [0.15, 0.2) is 121 Å². The fourth-order valence-electron chi connectivity index (χ4n) is 5.30. The predicted molar refractivity (Wildman–Crippen MR) is 155 cm³/mol. The molecule has 0 radical (unpaired) electrons. The van der Waals surface area contributed by atoms with Gasteiger partial charge in [0.15, 0.2) is 0 Å². The van der Waals surface area contributed by atoms with Crippen LogP contribution in [0.5, 0.6) is 0 Å². The SMILES string of the molecule is OCc1ccccc1Cc1ccccc1Cc1ccccc1Cc1ccccc1Cc1ccccc1CO. The Hall–Kier alpha value is -3.98. The van der Waals surface area contributed by atoms with Crippen LogP contribution in [0.4, 0.5) is 0 Å². The molecule has 0 aromatic heterocycles. The summed E-state index contributed by atoms with van der Waals surface area (Å²) in [5.41, 5.74) is 12.2. The molecule has 0 atom stereocenters. The minimum Gasteiger partial charge on any atom is -0.392 e. The molecule has 0 aliphatic heterocycles. The minimum absolute atomic E-state index is 0.0589. The number of hydrogen-bond acceptors (Lipinski definition) is 2. The van der Waals surface area contributed by atoms with Crippen molar-refractivity contribution < 1.29 is 10.2 Å². The molecule has 5 rings (SSSR count). The zero-order valence-electron chi connectivity index (χ0n) is 21.7. The Morgan fingerprint density at radius 2 is 0.421 bits per heavy atom. The van der Waals surface area contributed by atoms with E-state index in [4.69, 9.17) is 0 Å². The first-order chi connectivity index (χ1) is 18.7. The molecule has 2 nitrogen and oxygen atoms in total. The van der Waals surface area contributed by atoms with E-state index in [1.54, 1.807) is 0 Å². The molecule has 0 saturated carbocycles. The molecule has 2 heteroatoms. The molecule has 0 aliphatic rings. The highest BCUT2D eigenvalue weighted by atomic mass is 16.3. The summed E-state index contributed by atoms with van der Waals surface area (Å²) in [5.74, 6) is 0. The lowest BCUT2D eigenvalue weighted by molar-refractivity contribution is 0.280. The molecule has 2 N–H and O–H groups in total. The Labute approximate surface area is 225 Å². The summed E-state index contributed by atoms with van der Waals surface area (Å²) in [6.45, 7) is 0.118. The van der Waals surface area contributed by atoms with Gasteiger partial charge in [-0.1, -0.05) is 121 Å². The average Bonchev–Trinajstić information content (AvgIpc) is 2.96. The lowest BCUT2D eigenvalue weighted by Gasteiger charge is -2.16. The summed E-state index contributed by atoms with van der Waals surface area (Å²) in [6.07, 6.45) is 3.34. The van der Waals surface area contributed by atoms with Crippen molar-refractivity contribution >= 4 is 0 Å². The zero-order chi connectivity index (χ0) is 26.2. The van der Waals surface area contributed by atoms with E-state index in [1.807, 2.05) is 36.4 Å². The molecule has 0 heterocycles. The Kier molecular flexibility index (Phi) is 8.45. The second-order valence-electron chi connectivity index (χ2n) is 9.87. The fourth-order valence-corrected chi connectivity index (χ4v) is 5.30. The highest BCUT2D eigenvalue weighted by Gasteiger charge is 2.12. The van der Waals surface area contributed by atoms with E-state index in [2.05, 4.69) is 84.9 Å². The van der Waals surface area contributed by atoms with Crippen LogP contribution >= 0.6 is 0 Å². The zero-order valence-corrected chi connectivity index (χ0v) is 21.7. The van der Waals surface area contributed by atoms with Crippen molar-refractivity contribution in [2.45, 2.75) is 38.9 Å². The van der Waals surface area contributed by atoms with Crippen molar-refractivity contribution in [3.05, 3.63) is 177 Å². The summed E-state index contributed by atoms with van der Waals surface area (Å²) in [7, 11) is 0. The molecule has 190 valence electrons. The van der Waals surface area contributed by atoms with E-state index in [9.17, 15) is 10.2 Å². The number of aliphatic hydroxyl groups is 2. The van der Waals surface area contributed by atoms with E-state index in [0.717, 1.165) is 36.8 Å². The van der Waals surface area contributed by atoms with Crippen molar-refractivity contribution in [3.63, 3.8) is 0 Å². The van der Waals surface area contributed by atoms with Crippen LogP contribution in [0, 0.1) is 0 Å². The topological polar surface area (TPSA) is 40.5 Å². The van der Waals surface area contributed by atoms with E-state index in [-0.39, 0.29) is 13.2 Å². The molecule has 38 heavy (non-hydrogen) atoms. The van der Waals surface area contributed by atoms with Crippen molar-refractivity contribution in [3.8, 4) is 0 Å². The van der Waals surface area contributed by atoms with Crippen LogP contribution in [0.25, 0.3) is 0 Å². The molecular weight excluding hydrogens is 464 g/mol. The Bertz CT molecular complexity index is 1390.